The molecule has 1 saturated carbocycles. The van der Waals surface area contributed by atoms with Crippen LogP contribution in [0.25, 0.3) is 22.4 Å². The highest BCUT2D eigenvalue weighted by molar-refractivity contribution is 5.91. The third kappa shape index (κ3) is 1.28. The minimum absolute atomic E-state index is 0.565. The Kier molecular flexibility index (Phi) is 1.66. The van der Waals surface area contributed by atoms with E-state index in [-0.39, 0.29) is 0 Å². The van der Waals surface area contributed by atoms with Gasteiger partial charge in [0.2, 0.25) is 0 Å². The van der Waals surface area contributed by atoms with Crippen LogP contribution < -0.4 is 0 Å². The zero-order valence-electron chi connectivity index (χ0n) is 9.17. The minimum Gasteiger partial charge on any atom is -0.309 e. The average molecular weight is 225 g/mol. The summed E-state index contributed by atoms with van der Waals surface area (Å²) in [6, 6.07) is 8.65. The van der Waals surface area contributed by atoms with Crippen LogP contribution in [0.2, 0.25) is 0 Å². The number of rotatable bonds is 2. The van der Waals surface area contributed by atoms with Crippen molar-refractivity contribution < 1.29 is 0 Å². The van der Waals surface area contributed by atoms with Crippen LogP contribution in [-0.2, 0) is 0 Å². The van der Waals surface area contributed by atoms with Gasteiger partial charge in [-0.2, -0.15) is 5.10 Å². The van der Waals surface area contributed by atoms with Gasteiger partial charge in [-0.1, -0.05) is 18.2 Å². The van der Waals surface area contributed by atoms with E-state index in [0.29, 0.717) is 6.04 Å². The standard InChI is InChI=1S/C12H11N5/c1-2-4-10-9(3-1)11(15-14-10)12-16-13-7-17(12)8-5-6-8/h1-4,7-8H,5-6H2,(H,14,15). The van der Waals surface area contributed by atoms with Crippen LogP contribution in [0, 0.1) is 0 Å². The molecule has 1 aromatic carbocycles. The highest BCUT2D eigenvalue weighted by atomic mass is 15.3. The molecule has 0 radical (unpaired) electrons. The van der Waals surface area contributed by atoms with Crippen LogP contribution in [0.4, 0.5) is 0 Å². The summed E-state index contributed by atoms with van der Waals surface area (Å²) in [7, 11) is 0. The van der Waals surface area contributed by atoms with E-state index in [1.54, 1.807) is 6.33 Å². The monoisotopic (exact) mass is 225 g/mol. The van der Waals surface area contributed by atoms with E-state index in [0.717, 1.165) is 22.4 Å². The smallest absolute Gasteiger partial charge is 0.185 e. The molecule has 0 saturated heterocycles. The Balaban J connectivity index is 1.95. The van der Waals surface area contributed by atoms with Crippen molar-refractivity contribution in [3.8, 4) is 11.5 Å². The summed E-state index contributed by atoms with van der Waals surface area (Å²) in [5, 5.41) is 16.7. The molecule has 0 atom stereocenters. The van der Waals surface area contributed by atoms with Gasteiger partial charge in [0.05, 0.1) is 5.52 Å². The van der Waals surface area contributed by atoms with Gasteiger partial charge in [0.25, 0.3) is 0 Å². The lowest BCUT2D eigenvalue weighted by atomic mass is 10.2. The lowest BCUT2D eigenvalue weighted by molar-refractivity contribution is 0.744. The molecule has 0 unspecified atom stereocenters. The van der Waals surface area contributed by atoms with Gasteiger partial charge in [0.15, 0.2) is 5.82 Å². The molecule has 1 fully saturated rings. The lowest BCUT2D eigenvalue weighted by Crippen LogP contribution is -1.96. The maximum atomic E-state index is 4.36. The van der Waals surface area contributed by atoms with Gasteiger partial charge < -0.3 is 4.57 Å². The highest BCUT2D eigenvalue weighted by Gasteiger charge is 2.27. The fourth-order valence-electron chi connectivity index (χ4n) is 2.17. The Morgan fingerprint density at radius 3 is 3.00 bits per heavy atom. The summed E-state index contributed by atoms with van der Waals surface area (Å²) in [5.74, 6) is 0.866. The van der Waals surface area contributed by atoms with E-state index < -0.39 is 0 Å². The maximum absolute atomic E-state index is 4.36. The van der Waals surface area contributed by atoms with E-state index >= 15 is 0 Å². The van der Waals surface area contributed by atoms with Crippen molar-refractivity contribution in [3.63, 3.8) is 0 Å². The number of H-pyrrole nitrogens is 1. The van der Waals surface area contributed by atoms with Gasteiger partial charge in [-0.25, -0.2) is 0 Å². The Bertz CT molecular complexity index is 677. The Morgan fingerprint density at radius 2 is 2.12 bits per heavy atom. The molecular formula is C12H11N5. The first-order valence-corrected chi connectivity index (χ1v) is 5.76. The molecule has 3 aromatic rings. The van der Waals surface area contributed by atoms with Crippen LogP contribution in [0.15, 0.2) is 30.6 Å². The topological polar surface area (TPSA) is 59.4 Å². The van der Waals surface area contributed by atoms with Gasteiger partial charge in [0.1, 0.15) is 12.0 Å². The summed E-state index contributed by atoms with van der Waals surface area (Å²) < 4.78 is 2.13. The van der Waals surface area contributed by atoms with Gasteiger partial charge in [0, 0.05) is 11.4 Å². The Labute approximate surface area is 97.5 Å². The molecule has 0 bridgehead atoms. The average Bonchev–Trinajstić information content (AvgIpc) is 2.94. The molecule has 0 amide bonds. The van der Waals surface area contributed by atoms with E-state index in [1.807, 2.05) is 18.2 Å². The third-order valence-corrected chi connectivity index (χ3v) is 3.20. The fraction of sp³-hybridized carbons (Fsp3) is 0.250. The minimum atomic E-state index is 0.565. The largest absolute Gasteiger partial charge is 0.309 e. The fourth-order valence-corrected chi connectivity index (χ4v) is 2.17. The second-order valence-corrected chi connectivity index (χ2v) is 4.41. The first kappa shape index (κ1) is 8.92. The molecule has 0 aliphatic heterocycles. The number of benzene rings is 1. The summed E-state index contributed by atoms with van der Waals surface area (Å²) in [5.41, 5.74) is 1.93. The van der Waals surface area contributed by atoms with Gasteiger partial charge in [-0.3, -0.25) is 5.10 Å². The van der Waals surface area contributed by atoms with Crippen molar-refractivity contribution in [3.05, 3.63) is 30.6 Å². The third-order valence-electron chi connectivity index (χ3n) is 3.20. The van der Waals surface area contributed by atoms with Crippen molar-refractivity contribution in [2.24, 2.45) is 0 Å². The quantitative estimate of drug-likeness (QED) is 0.727. The molecule has 4 rings (SSSR count). The molecule has 17 heavy (non-hydrogen) atoms. The van der Waals surface area contributed by atoms with E-state index in [2.05, 4.69) is 31.0 Å². The number of aromatic amines is 1. The van der Waals surface area contributed by atoms with Crippen LogP contribution in [0.5, 0.6) is 0 Å². The molecule has 5 nitrogen and oxygen atoms in total. The Morgan fingerprint density at radius 1 is 1.24 bits per heavy atom. The number of nitrogens with zero attached hydrogens (tertiary/aromatic N) is 4. The normalized spacial score (nSPS) is 15.5. The lowest BCUT2D eigenvalue weighted by Gasteiger charge is -2.01. The predicted molar refractivity (Wildman–Crippen MR) is 63.4 cm³/mol. The Hall–Kier alpha value is -2.17. The summed E-state index contributed by atoms with van der Waals surface area (Å²) >= 11 is 0. The number of fused-ring (bicyclic) bond motifs is 1. The van der Waals surface area contributed by atoms with Crippen LogP contribution in [-0.4, -0.2) is 25.0 Å². The summed E-state index contributed by atoms with van der Waals surface area (Å²) in [4.78, 5) is 0. The number of hydrogen-bond acceptors (Lipinski definition) is 3. The SMILES string of the molecule is c1ccc2c(-c3nncn3C3CC3)n[nH]c2c1. The molecule has 1 aliphatic rings. The van der Waals surface area contributed by atoms with Gasteiger partial charge in [-0.15, -0.1) is 10.2 Å². The van der Waals surface area contributed by atoms with Crippen LogP contribution >= 0.6 is 0 Å². The van der Waals surface area contributed by atoms with E-state index in [4.69, 9.17) is 0 Å². The van der Waals surface area contributed by atoms with Crippen molar-refractivity contribution >= 4 is 10.9 Å². The van der Waals surface area contributed by atoms with Crippen molar-refractivity contribution in [1.29, 1.82) is 0 Å². The van der Waals surface area contributed by atoms with Gasteiger partial charge in [-0.05, 0) is 18.9 Å². The first-order valence-electron chi connectivity index (χ1n) is 5.76. The highest BCUT2D eigenvalue weighted by Crippen LogP contribution is 2.38. The molecular weight excluding hydrogens is 214 g/mol. The summed E-state index contributed by atoms with van der Waals surface area (Å²) in [6.07, 6.45) is 4.23. The molecule has 2 heterocycles. The number of para-hydroxylation sites is 1. The molecule has 0 spiro atoms. The second kappa shape index (κ2) is 3.16. The van der Waals surface area contributed by atoms with E-state index in [9.17, 15) is 0 Å². The second-order valence-electron chi connectivity index (χ2n) is 4.41. The maximum Gasteiger partial charge on any atom is 0.185 e. The van der Waals surface area contributed by atoms with Crippen LogP contribution in [0.1, 0.15) is 18.9 Å². The van der Waals surface area contributed by atoms with Crippen molar-refractivity contribution in [1.82, 2.24) is 25.0 Å². The zero-order valence-corrected chi connectivity index (χ0v) is 9.17. The first-order chi connectivity index (χ1) is 8.43. The number of hydrogen-bond donors (Lipinski definition) is 1. The predicted octanol–water partition coefficient (Wildman–Crippen LogP) is 2.16. The zero-order chi connectivity index (χ0) is 11.2. The molecule has 5 heteroatoms. The van der Waals surface area contributed by atoms with E-state index in [1.165, 1.54) is 12.8 Å². The summed E-state index contributed by atoms with van der Waals surface area (Å²) in [6.45, 7) is 0. The number of aromatic nitrogens is 5. The van der Waals surface area contributed by atoms with Crippen molar-refractivity contribution in [2.75, 3.05) is 0 Å². The van der Waals surface area contributed by atoms with Gasteiger partial charge >= 0.3 is 0 Å². The molecule has 2 aromatic heterocycles. The molecule has 1 N–H and O–H groups in total. The molecule has 1 aliphatic carbocycles. The van der Waals surface area contributed by atoms with Crippen molar-refractivity contribution in [2.45, 2.75) is 18.9 Å². The number of nitrogens with one attached hydrogen (secondary N) is 1. The molecule has 84 valence electrons. The van der Waals surface area contributed by atoms with Crippen LogP contribution in [0.3, 0.4) is 0 Å².